The smallest absolute Gasteiger partial charge is 0.306 e. The van der Waals surface area contributed by atoms with E-state index in [1.165, 1.54) is 0 Å². The van der Waals surface area contributed by atoms with Crippen LogP contribution in [0.15, 0.2) is 35.9 Å². The quantitative estimate of drug-likeness (QED) is 0.141. The first-order valence-corrected chi connectivity index (χ1v) is 16.6. The maximum atomic E-state index is 13.2. The summed E-state index contributed by atoms with van der Waals surface area (Å²) in [7, 11) is 0. The van der Waals surface area contributed by atoms with Gasteiger partial charge in [-0.25, -0.2) is 0 Å². The SMILES string of the molecule is CCCCCC1(CCCCC)O[C@H]2[C@H](O)CC(C(=O)NCc3cccc(C(=O)N[C@H](CO)CCC(=O)OC(C)(C)C)c3)=C[C@H]2O1. The summed E-state index contributed by atoms with van der Waals surface area (Å²) >= 11 is 0. The molecule has 1 aromatic carbocycles. The summed E-state index contributed by atoms with van der Waals surface area (Å²) in [4.78, 5) is 38.1. The van der Waals surface area contributed by atoms with E-state index in [0.29, 0.717) is 16.7 Å². The Morgan fingerprint density at radius 3 is 2.36 bits per heavy atom. The summed E-state index contributed by atoms with van der Waals surface area (Å²) in [5.41, 5.74) is 0.931. The van der Waals surface area contributed by atoms with Gasteiger partial charge in [0, 0.05) is 43.4 Å². The maximum Gasteiger partial charge on any atom is 0.306 e. The molecule has 0 unspecified atom stereocenters. The number of fused-ring (bicyclic) bond motifs is 1. The molecule has 3 rings (SSSR count). The van der Waals surface area contributed by atoms with Crippen LogP contribution in [0.5, 0.6) is 0 Å². The highest BCUT2D eigenvalue weighted by molar-refractivity contribution is 5.95. The van der Waals surface area contributed by atoms with Crippen molar-refractivity contribution in [3.05, 3.63) is 47.0 Å². The average molecular weight is 631 g/mol. The van der Waals surface area contributed by atoms with Crippen LogP contribution in [0.25, 0.3) is 0 Å². The highest BCUT2D eigenvalue weighted by Gasteiger charge is 2.50. The second-order valence-electron chi connectivity index (χ2n) is 13.3. The molecule has 45 heavy (non-hydrogen) atoms. The molecule has 1 aliphatic heterocycles. The number of amides is 2. The Morgan fingerprint density at radius 2 is 1.73 bits per heavy atom. The molecule has 1 aromatic rings. The molecule has 4 N–H and O–H groups in total. The molecule has 10 heteroatoms. The van der Waals surface area contributed by atoms with Gasteiger partial charge in [-0.1, -0.05) is 51.7 Å². The summed E-state index contributed by atoms with van der Waals surface area (Å²) in [5, 5.41) is 26.4. The summed E-state index contributed by atoms with van der Waals surface area (Å²) in [6.45, 7) is 9.52. The number of esters is 1. The van der Waals surface area contributed by atoms with Gasteiger partial charge in [0.15, 0.2) is 5.79 Å². The summed E-state index contributed by atoms with van der Waals surface area (Å²) in [6.07, 6.45) is 8.32. The van der Waals surface area contributed by atoms with Crippen molar-refractivity contribution in [3.8, 4) is 0 Å². The Morgan fingerprint density at radius 1 is 1.04 bits per heavy atom. The van der Waals surface area contributed by atoms with Gasteiger partial charge in [0.2, 0.25) is 5.91 Å². The van der Waals surface area contributed by atoms with Crippen LogP contribution in [0.2, 0.25) is 0 Å². The molecule has 0 aromatic heterocycles. The van der Waals surface area contributed by atoms with Crippen molar-refractivity contribution in [2.75, 3.05) is 6.61 Å². The van der Waals surface area contributed by atoms with Crippen LogP contribution in [0.1, 0.15) is 121 Å². The molecular weight excluding hydrogens is 576 g/mol. The summed E-state index contributed by atoms with van der Waals surface area (Å²) in [5.74, 6) is -1.82. The van der Waals surface area contributed by atoms with E-state index >= 15 is 0 Å². The number of carbonyl (C=O) groups is 3. The van der Waals surface area contributed by atoms with Crippen molar-refractivity contribution in [2.24, 2.45) is 0 Å². The number of nitrogens with one attached hydrogen (secondary N) is 2. The molecule has 0 bridgehead atoms. The Balaban J connectivity index is 1.57. The lowest BCUT2D eigenvalue weighted by atomic mass is 9.92. The van der Waals surface area contributed by atoms with Gasteiger partial charge < -0.3 is 35.1 Å². The predicted molar refractivity (Wildman–Crippen MR) is 171 cm³/mol. The van der Waals surface area contributed by atoms with E-state index in [1.807, 2.05) is 0 Å². The van der Waals surface area contributed by atoms with Gasteiger partial charge in [-0.15, -0.1) is 0 Å². The van der Waals surface area contributed by atoms with Crippen molar-refractivity contribution in [2.45, 2.75) is 148 Å². The van der Waals surface area contributed by atoms with E-state index in [-0.39, 0.29) is 38.3 Å². The zero-order chi connectivity index (χ0) is 33.0. The van der Waals surface area contributed by atoms with E-state index in [0.717, 1.165) is 51.4 Å². The fourth-order valence-electron chi connectivity index (χ4n) is 5.79. The van der Waals surface area contributed by atoms with Crippen molar-refractivity contribution >= 4 is 17.8 Å². The standard InChI is InChI=1S/C35H54N2O8/c1-6-8-10-17-35(18-11-9-7-2)43-29-21-26(20-28(39)31(29)45-35)32(41)36-22-24-13-12-14-25(19-24)33(42)37-27(23-38)15-16-30(40)44-34(3,4)5/h12-14,19,21,27-29,31,38-39H,6-11,15-18,20,22-23H2,1-5H3,(H,36,41)(H,37,42)/t27-,28+,29+,31-/m0/s1. The van der Waals surface area contributed by atoms with E-state index in [2.05, 4.69) is 24.5 Å². The second-order valence-corrected chi connectivity index (χ2v) is 13.3. The molecule has 0 spiro atoms. The Kier molecular flexibility index (Phi) is 14.0. The molecule has 2 aliphatic rings. The number of unbranched alkanes of at least 4 members (excludes halogenated alkanes) is 4. The number of aliphatic hydroxyl groups excluding tert-OH is 2. The van der Waals surface area contributed by atoms with Crippen LogP contribution < -0.4 is 10.6 Å². The number of benzene rings is 1. The molecule has 1 heterocycles. The molecular formula is C35H54N2O8. The van der Waals surface area contributed by atoms with Gasteiger partial charge in [-0.05, 0) is 63.8 Å². The predicted octanol–water partition coefficient (Wildman–Crippen LogP) is 4.85. The van der Waals surface area contributed by atoms with Gasteiger partial charge in [-0.2, -0.15) is 0 Å². The minimum absolute atomic E-state index is 0.0663. The van der Waals surface area contributed by atoms with Gasteiger partial charge in [0.1, 0.15) is 17.8 Å². The summed E-state index contributed by atoms with van der Waals surface area (Å²) < 4.78 is 18.2. The number of ether oxygens (including phenoxy) is 3. The number of aliphatic hydroxyl groups is 2. The molecule has 1 fully saturated rings. The Bertz CT molecular complexity index is 1150. The van der Waals surface area contributed by atoms with E-state index in [4.69, 9.17) is 14.2 Å². The van der Waals surface area contributed by atoms with E-state index < -0.39 is 47.6 Å². The zero-order valence-electron chi connectivity index (χ0n) is 27.7. The average Bonchev–Trinajstić information content (AvgIpc) is 3.36. The van der Waals surface area contributed by atoms with Gasteiger partial charge in [0.25, 0.3) is 5.91 Å². The molecule has 2 amide bonds. The third-order valence-corrected chi connectivity index (χ3v) is 8.13. The second kappa shape index (κ2) is 17.2. The van der Waals surface area contributed by atoms with Gasteiger partial charge in [-0.3, -0.25) is 14.4 Å². The molecule has 0 saturated carbocycles. The maximum absolute atomic E-state index is 13.2. The fraction of sp³-hybridized carbons (Fsp3) is 0.686. The summed E-state index contributed by atoms with van der Waals surface area (Å²) in [6, 6.07) is 6.24. The minimum Gasteiger partial charge on any atom is -0.460 e. The largest absolute Gasteiger partial charge is 0.460 e. The number of rotatable bonds is 17. The monoisotopic (exact) mass is 630 g/mol. The first-order valence-electron chi connectivity index (χ1n) is 16.6. The zero-order valence-corrected chi connectivity index (χ0v) is 27.7. The molecule has 4 atom stereocenters. The third kappa shape index (κ3) is 11.5. The van der Waals surface area contributed by atoms with Gasteiger partial charge >= 0.3 is 5.97 Å². The van der Waals surface area contributed by atoms with Crippen molar-refractivity contribution in [1.82, 2.24) is 10.6 Å². The molecule has 0 radical (unpaired) electrons. The Hall–Kier alpha value is -2.79. The van der Waals surface area contributed by atoms with Crippen molar-refractivity contribution in [1.29, 1.82) is 0 Å². The number of hydrogen-bond donors (Lipinski definition) is 4. The minimum atomic E-state index is -0.846. The van der Waals surface area contributed by atoms with Crippen LogP contribution in [0.3, 0.4) is 0 Å². The van der Waals surface area contributed by atoms with Crippen LogP contribution in [-0.2, 0) is 30.3 Å². The molecule has 1 saturated heterocycles. The van der Waals surface area contributed by atoms with E-state index in [9.17, 15) is 24.6 Å². The van der Waals surface area contributed by atoms with Crippen molar-refractivity contribution in [3.63, 3.8) is 0 Å². The highest BCUT2D eigenvalue weighted by atomic mass is 16.8. The lowest BCUT2D eigenvalue weighted by molar-refractivity contribution is -0.190. The first kappa shape index (κ1) is 36.7. The highest BCUT2D eigenvalue weighted by Crippen LogP contribution is 2.42. The molecule has 252 valence electrons. The van der Waals surface area contributed by atoms with Crippen LogP contribution >= 0.6 is 0 Å². The van der Waals surface area contributed by atoms with E-state index in [1.54, 1.807) is 51.1 Å². The molecule has 10 nitrogen and oxygen atoms in total. The van der Waals surface area contributed by atoms with Crippen LogP contribution in [0, 0.1) is 0 Å². The lowest BCUT2D eigenvalue weighted by Crippen LogP contribution is -2.41. The third-order valence-electron chi connectivity index (χ3n) is 8.13. The lowest BCUT2D eigenvalue weighted by Gasteiger charge is -2.29. The fourth-order valence-corrected chi connectivity index (χ4v) is 5.79. The molecule has 1 aliphatic carbocycles. The topological polar surface area (TPSA) is 143 Å². The van der Waals surface area contributed by atoms with Crippen LogP contribution in [0.4, 0.5) is 0 Å². The first-order chi connectivity index (χ1) is 21.4. The normalized spacial score (nSPS) is 21.4. The van der Waals surface area contributed by atoms with Crippen molar-refractivity contribution < 1.29 is 38.8 Å². The number of carbonyl (C=O) groups excluding carboxylic acids is 3. The Labute approximate surface area is 268 Å². The number of hydrogen-bond acceptors (Lipinski definition) is 8. The van der Waals surface area contributed by atoms with Crippen LogP contribution in [-0.4, -0.2) is 70.3 Å². The van der Waals surface area contributed by atoms with Gasteiger partial charge in [0.05, 0.1) is 18.8 Å².